The van der Waals surface area contributed by atoms with Gasteiger partial charge in [-0.2, -0.15) is 0 Å². The molecule has 1 aromatic rings. The zero-order valence-corrected chi connectivity index (χ0v) is 10.7. The van der Waals surface area contributed by atoms with Crippen LogP contribution in [0.4, 0.5) is 4.39 Å². The maximum atomic E-state index is 13.0. The molecule has 0 aromatic heterocycles. The number of benzene rings is 1. The van der Waals surface area contributed by atoms with Gasteiger partial charge < -0.3 is 10.4 Å². The average Bonchev–Trinajstić information content (AvgIpc) is 2.86. The molecule has 0 atom stereocenters. The van der Waals surface area contributed by atoms with Crippen molar-refractivity contribution in [3.8, 4) is 0 Å². The number of carbonyl (C=O) groups is 1. The first kappa shape index (κ1) is 13.7. The predicted octanol–water partition coefficient (Wildman–Crippen LogP) is 2.26. The topological polar surface area (TPSA) is 49.3 Å². The summed E-state index contributed by atoms with van der Waals surface area (Å²) in [7, 11) is 0. The van der Waals surface area contributed by atoms with Gasteiger partial charge in [0.25, 0.3) is 0 Å². The first-order valence-electron chi connectivity index (χ1n) is 6.50. The predicted molar refractivity (Wildman–Crippen MR) is 71.9 cm³/mol. The number of amides is 1. The van der Waals surface area contributed by atoms with Gasteiger partial charge >= 0.3 is 0 Å². The van der Waals surface area contributed by atoms with Crippen LogP contribution in [0, 0.1) is 5.82 Å². The Labute approximate surface area is 112 Å². The molecule has 1 aromatic carbocycles. The minimum absolute atomic E-state index is 0.0352. The molecule has 4 heteroatoms. The number of hydrogen-bond acceptors (Lipinski definition) is 2. The molecule has 0 saturated heterocycles. The maximum absolute atomic E-state index is 13.0. The summed E-state index contributed by atoms with van der Waals surface area (Å²) in [6.45, 7) is -0.0352. The highest BCUT2D eigenvalue weighted by Gasteiger charge is 2.33. The molecular weight excluding hydrogens is 245 g/mol. The van der Waals surface area contributed by atoms with Crippen LogP contribution < -0.4 is 5.32 Å². The van der Waals surface area contributed by atoms with E-state index >= 15 is 0 Å². The van der Waals surface area contributed by atoms with E-state index in [4.69, 9.17) is 0 Å². The average molecular weight is 263 g/mol. The van der Waals surface area contributed by atoms with E-state index < -0.39 is 5.54 Å². The number of halogens is 1. The molecule has 0 bridgehead atoms. The van der Waals surface area contributed by atoms with E-state index in [0.717, 1.165) is 25.7 Å². The highest BCUT2D eigenvalue weighted by molar-refractivity contribution is 5.92. The lowest BCUT2D eigenvalue weighted by Gasteiger charge is -2.27. The van der Waals surface area contributed by atoms with E-state index in [1.54, 1.807) is 18.2 Å². The van der Waals surface area contributed by atoms with Crippen molar-refractivity contribution in [1.82, 2.24) is 5.32 Å². The molecular formula is C15H18FNO2. The molecule has 0 heterocycles. The lowest BCUT2D eigenvalue weighted by Crippen LogP contribution is -2.48. The molecule has 19 heavy (non-hydrogen) atoms. The highest BCUT2D eigenvalue weighted by atomic mass is 19.1. The van der Waals surface area contributed by atoms with Crippen LogP contribution in [-0.4, -0.2) is 23.2 Å². The fourth-order valence-electron chi connectivity index (χ4n) is 2.46. The van der Waals surface area contributed by atoms with Gasteiger partial charge in [0.2, 0.25) is 5.91 Å². The fraction of sp³-hybridized carbons (Fsp3) is 0.400. The summed E-state index contributed by atoms with van der Waals surface area (Å²) in [6.07, 6.45) is 6.61. The Kier molecular flexibility index (Phi) is 4.32. The molecule has 1 aliphatic carbocycles. The van der Waals surface area contributed by atoms with Gasteiger partial charge in [-0.25, -0.2) is 4.39 Å². The molecule has 1 fully saturated rings. The smallest absolute Gasteiger partial charge is 0.244 e. The van der Waals surface area contributed by atoms with Crippen molar-refractivity contribution in [3.05, 3.63) is 41.7 Å². The van der Waals surface area contributed by atoms with Crippen LogP contribution >= 0.6 is 0 Å². The van der Waals surface area contributed by atoms with Crippen molar-refractivity contribution in [1.29, 1.82) is 0 Å². The second kappa shape index (κ2) is 5.97. The number of aliphatic hydroxyl groups is 1. The minimum Gasteiger partial charge on any atom is -0.394 e. The number of carbonyl (C=O) groups excluding carboxylic acids is 1. The number of rotatable bonds is 4. The van der Waals surface area contributed by atoms with E-state index in [0.29, 0.717) is 5.56 Å². The summed E-state index contributed by atoms with van der Waals surface area (Å²) in [5.41, 5.74) is 0.170. The standard InChI is InChI=1S/C15H18FNO2/c16-13-5-3-4-12(10-13)6-7-14(19)17-15(11-18)8-1-2-9-15/h3-7,10,18H,1-2,8-9,11H2,(H,17,19). The van der Waals surface area contributed by atoms with Gasteiger partial charge in [0, 0.05) is 6.08 Å². The fourth-order valence-corrected chi connectivity index (χ4v) is 2.46. The number of aliphatic hydroxyl groups excluding tert-OH is 1. The van der Waals surface area contributed by atoms with Crippen LogP contribution in [0.5, 0.6) is 0 Å². The van der Waals surface area contributed by atoms with Crippen LogP contribution in [0.25, 0.3) is 6.08 Å². The molecule has 2 N–H and O–H groups in total. The Bertz CT molecular complexity index is 479. The van der Waals surface area contributed by atoms with Gasteiger partial charge in [-0.15, -0.1) is 0 Å². The Balaban J connectivity index is 1.97. The molecule has 0 radical (unpaired) electrons. The summed E-state index contributed by atoms with van der Waals surface area (Å²) in [4.78, 5) is 11.8. The lowest BCUT2D eigenvalue weighted by atomic mass is 9.99. The Morgan fingerprint density at radius 2 is 2.16 bits per heavy atom. The molecule has 0 spiro atoms. The third-order valence-corrected chi connectivity index (χ3v) is 3.53. The molecule has 3 nitrogen and oxygen atoms in total. The lowest BCUT2D eigenvalue weighted by molar-refractivity contribution is -0.118. The summed E-state index contributed by atoms with van der Waals surface area (Å²) in [5, 5.41) is 12.3. The molecule has 0 aliphatic heterocycles. The van der Waals surface area contributed by atoms with Crippen molar-refractivity contribution < 1.29 is 14.3 Å². The molecule has 0 unspecified atom stereocenters. The van der Waals surface area contributed by atoms with E-state index in [9.17, 15) is 14.3 Å². The summed E-state index contributed by atoms with van der Waals surface area (Å²) < 4.78 is 13.0. The van der Waals surface area contributed by atoms with Gasteiger partial charge in [0.1, 0.15) is 5.82 Å². The van der Waals surface area contributed by atoms with Crippen molar-refractivity contribution >= 4 is 12.0 Å². The van der Waals surface area contributed by atoms with Gasteiger partial charge in [0.15, 0.2) is 0 Å². The molecule has 1 saturated carbocycles. The van der Waals surface area contributed by atoms with Crippen LogP contribution in [0.2, 0.25) is 0 Å². The monoisotopic (exact) mass is 263 g/mol. The summed E-state index contributed by atoms with van der Waals surface area (Å²) in [6, 6.07) is 6.04. The third kappa shape index (κ3) is 3.64. The van der Waals surface area contributed by atoms with Crippen LogP contribution in [0.1, 0.15) is 31.2 Å². The summed E-state index contributed by atoms with van der Waals surface area (Å²) in [5.74, 6) is -0.578. The summed E-state index contributed by atoms with van der Waals surface area (Å²) >= 11 is 0. The molecule has 102 valence electrons. The Morgan fingerprint density at radius 1 is 1.42 bits per heavy atom. The minimum atomic E-state index is -0.469. The Morgan fingerprint density at radius 3 is 2.79 bits per heavy atom. The van der Waals surface area contributed by atoms with E-state index in [2.05, 4.69) is 5.32 Å². The van der Waals surface area contributed by atoms with E-state index in [1.165, 1.54) is 18.2 Å². The SMILES string of the molecule is O=C(C=Cc1cccc(F)c1)NC1(CO)CCCC1. The van der Waals surface area contributed by atoms with Gasteiger partial charge in [-0.05, 0) is 36.6 Å². The maximum Gasteiger partial charge on any atom is 0.244 e. The Hall–Kier alpha value is -1.68. The van der Waals surface area contributed by atoms with Crippen LogP contribution in [0.15, 0.2) is 30.3 Å². The molecule has 2 rings (SSSR count). The number of hydrogen-bond donors (Lipinski definition) is 2. The van der Waals surface area contributed by atoms with E-state index in [-0.39, 0.29) is 18.3 Å². The van der Waals surface area contributed by atoms with Gasteiger partial charge in [0.05, 0.1) is 12.1 Å². The van der Waals surface area contributed by atoms with Crippen molar-refractivity contribution in [2.75, 3.05) is 6.61 Å². The zero-order valence-electron chi connectivity index (χ0n) is 10.7. The van der Waals surface area contributed by atoms with E-state index in [1.807, 2.05) is 0 Å². The largest absolute Gasteiger partial charge is 0.394 e. The van der Waals surface area contributed by atoms with Gasteiger partial charge in [-0.3, -0.25) is 4.79 Å². The van der Waals surface area contributed by atoms with Crippen LogP contribution in [0.3, 0.4) is 0 Å². The third-order valence-electron chi connectivity index (χ3n) is 3.53. The second-order valence-electron chi connectivity index (χ2n) is 5.02. The molecule has 1 aliphatic rings. The zero-order chi connectivity index (χ0) is 13.7. The first-order chi connectivity index (χ1) is 9.13. The van der Waals surface area contributed by atoms with Gasteiger partial charge in [-0.1, -0.05) is 25.0 Å². The van der Waals surface area contributed by atoms with Crippen molar-refractivity contribution in [3.63, 3.8) is 0 Å². The number of nitrogens with one attached hydrogen (secondary N) is 1. The van der Waals surface area contributed by atoms with Crippen molar-refractivity contribution in [2.24, 2.45) is 0 Å². The molecule has 1 amide bonds. The first-order valence-corrected chi connectivity index (χ1v) is 6.50. The highest BCUT2D eigenvalue weighted by Crippen LogP contribution is 2.29. The van der Waals surface area contributed by atoms with Crippen LogP contribution in [-0.2, 0) is 4.79 Å². The quantitative estimate of drug-likeness (QED) is 0.819. The normalized spacial score (nSPS) is 17.8. The second-order valence-corrected chi connectivity index (χ2v) is 5.02. The van der Waals surface area contributed by atoms with Crippen molar-refractivity contribution in [2.45, 2.75) is 31.2 Å².